The first-order valence-electron chi connectivity index (χ1n) is 11.8. The predicted molar refractivity (Wildman–Crippen MR) is 136 cm³/mol. The van der Waals surface area contributed by atoms with Gasteiger partial charge in [-0.25, -0.2) is 0 Å². The number of carbonyl (C=O) groups is 2. The summed E-state index contributed by atoms with van der Waals surface area (Å²) in [6.45, 7) is 8.38. The lowest BCUT2D eigenvalue weighted by Gasteiger charge is -2.37. The van der Waals surface area contributed by atoms with Gasteiger partial charge in [-0.05, 0) is 47.6 Å². The number of anilines is 3. The molecular weight excluding hydrogens is 410 g/mol. The molecule has 1 atom stereocenters. The third-order valence-corrected chi connectivity index (χ3v) is 6.48. The van der Waals surface area contributed by atoms with E-state index in [2.05, 4.69) is 57.3 Å². The molecule has 1 amide bonds. The molecule has 0 saturated carbocycles. The molecule has 174 valence electrons. The van der Waals surface area contributed by atoms with Crippen molar-refractivity contribution in [3.63, 3.8) is 0 Å². The van der Waals surface area contributed by atoms with Crippen LogP contribution in [0.2, 0.25) is 0 Å². The van der Waals surface area contributed by atoms with E-state index in [0.717, 1.165) is 40.3 Å². The summed E-state index contributed by atoms with van der Waals surface area (Å²) in [5.74, 6) is 0.366. The van der Waals surface area contributed by atoms with E-state index in [1.165, 1.54) is 0 Å². The molecule has 1 N–H and O–H groups in total. The Labute approximate surface area is 197 Å². The second kappa shape index (κ2) is 8.69. The molecule has 0 spiro atoms. The average molecular weight is 446 g/mol. The molecule has 2 aliphatic rings. The topological polar surface area (TPSA) is 52.7 Å². The summed E-state index contributed by atoms with van der Waals surface area (Å²) in [6, 6.07) is 15.7. The number of nitrogens with one attached hydrogen (secondary N) is 1. The zero-order valence-electron chi connectivity index (χ0n) is 20.6. The van der Waals surface area contributed by atoms with Gasteiger partial charge in [-0.2, -0.15) is 0 Å². The van der Waals surface area contributed by atoms with Crippen molar-refractivity contribution < 1.29 is 9.59 Å². The Hall–Kier alpha value is -3.08. The molecule has 1 heterocycles. The Bertz CT molecular complexity index is 1100. The third kappa shape index (κ3) is 4.54. The third-order valence-electron chi connectivity index (χ3n) is 6.48. The first-order valence-corrected chi connectivity index (χ1v) is 11.8. The highest BCUT2D eigenvalue weighted by molar-refractivity contribution is 6.06. The van der Waals surface area contributed by atoms with E-state index >= 15 is 0 Å². The summed E-state index contributed by atoms with van der Waals surface area (Å²) in [6.07, 6.45) is 1.66. The zero-order chi connectivity index (χ0) is 23.9. The number of nitrogens with zero attached hydrogens (tertiary/aromatic N) is 2. The smallest absolute Gasteiger partial charge is 0.228 e. The highest BCUT2D eigenvalue weighted by atomic mass is 16.2. The van der Waals surface area contributed by atoms with Gasteiger partial charge in [-0.3, -0.25) is 14.5 Å². The average Bonchev–Trinajstić information content (AvgIpc) is 2.86. The van der Waals surface area contributed by atoms with Crippen LogP contribution in [0.15, 0.2) is 59.8 Å². The number of para-hydroxylation sites is 2. The maximum atomic E-state index is 13.7. The van der Waals surface area contributed by atoms with E-state index in [0.29, 0.717) is 12.8 Å². The lowest BCUT2D eigenvalue weighted by Crippen LogP contribution is -2.40. The van der Waals surface area contributed by atoms with E-state index in [-0.39, 0.29) is 23.0 Å². The molecule has 5 heteroatoms. The maximum Gasteiger partial charge on any atom is 0.228 e. The number of carbonyl (C=O) groups excluding carboxylic acids is 2. The Morgan fingerprint density at radius 3 is 2.39 bits per heavy atom. The van der Waals surface area contributed by atoms with Crippen LogP contribution < -0.4 is 15.1 Å². The number of benzene rings is 2. The molecule has 0 radical (unpaired) electrons. The van der Waals surface area contributed by atoms with Gasteiger partial charge in [0.05, 0.1) is 17.4 Å². The molecule has 33 heavy (non-hydrogen) atoms. The summed E-state index contributed by atoms with van der Waals surface area (Å²) in [5, 5.41) is 3.57. The monoisotopic (exact) mass is 445 g/mol. The van der Waals surface area contributed by atoms with Gasteiger partial charge in [0, 0.05) is 43.9 Å². The molecule has 1 aliphatic carbocycles. The zero-order valence-corrected chi connectivity index (χ0v) is 20.6. The van der Waals surface area contributed by atoms with E-state index in [1.54, 1.807) is 0 Å². The minimum Gasteiger partial charge on any atom is -0.378 e. The van der Waals surface area contributed by atoms with Gasteiger partial charge in [0.25, 0.3) is 0 Å². The fourth-order valence-electron chi connectivity index (χ4n) is 4.98. The standard InChI is InChI=1S/C28H35N3O2/c1-18(2)15-25(33)31-23-10-8-7-9-21(23)29-22-16-28(3,4)17-24(32)26(22)27(31)19-11-13-20(14-12-19)30(5)6/h7-14,18,27,29H,15-17H2,1-6H3. The fraction of sp³-hybridized carbons (Fsp3) is 0.429. The van der Waals surface area contributed by atoms with E-state index in [9.17, 15) is 9.59 Å². The van der Waals surface area contributed by atoms with Crippen molar-refractivity contribution in [3.05, 3.63) is 65.4 Å². The highest BCUT2D eigenvalue weighted by Crippen LogP contribution is 2.48. The second-order valence-electron chi connectivity index (χ2n) is 10.7. The Kier molecular flexibility index (Phi) is 6.08. The van der Waals surface area contributed by atoms with Gasteiger partial charge in [-0.15, -0.1) is 0 Å². The van der Waals surface area contributed by atoms with Crippen LogP contribution in [0.1, 0.15) is 58.6 Å². The molecule has 0 bridgehead atoms. The van der Waals surface area contributed by atoms with Gasteiger partial charge >= 0.3 is 0 Å². The number of rotatable bonds is 4. The van der Waals surface area contributed by atoms with Gasteiger partial charge in [-0.1, -0.05) is 52.0 Å². The Balaban J connectivity index is 1.96. The van der Waals surface area contributed by atoms with Crippen LogP contribution in [0.3, 0.4) is 0 Å². The van der Waals surface area contributed by atoms with Crippen LogP contribution >= 0.6 is 0 Å². The number of allylic oxidation sites excluding steroid dienone is 1. The van der Waals surface area contributed by atoms with Crippen molar-refractivity contribution in [3.8, 4) is 0 Å². The molecule has 1 aliphatic heterocycles. The number of hydrogen-bond donors (Lipinski definition) is 1. The molecule has 2 aromatic carbocycles. The quantitative estimate of drug-likeness (QED) is 0.633. The lowest BCUT2D eigenvalue weighted by atomic mass is 9.73. The van der Waals surface area contributed by atoms with Crippen LogP contribution in [0.25, 0.3) is 0 Å². The van der Waals surface area contributed by atoms with Crippen molar-refractivity contribution in [1.29, 1.82) is 0 Å². The van der Waals surface area contributed by atoms with Crippen LogP contribution in [0.4, 0.5) is 17.1 Å². The normalized spacial score (nSPS) is 19.5. The summed E-state index contributed by atoms with van der Waals surface area (Å²) in [5.41, 5.74) is 5.26. The van der Waals surface area contributed by atoms with Crippen molar-refractivity contribution in [2.45, 2.75) is 53.0 Å². The first-order chi connectivity index (χ1) is 15.6. The first kappa shape index (κ1) is 23.1. The van der Waals surface area contributed by atoms with Crippen LogP contribution in [-0.4, -0.2) is 25.8 Å². The largest absolute Gasteiger partial charge is 0.378 e. The molecule has 0 fully saturated rings. The van der Waals surface area contributed by atoms with E-state index < -0.39 is 6.04 Å². The van der Waals surface area contributed by atoms with Gasteiger partial charge < -0.3 is 10.2 Å². The molecule has 1 unspecified atom stereocenters. The van der Waals surface area contributed by atoms with E-state index in [4.69, 9.17) is 0 Å². The van der Waals surface area contributed by atoms with Crippen molar-refractivity contribution in [1.82, 2.24) is 0 Å². The molecule has 2 aromatic rings. The maximum absolute atomic E-state index is 13.7. The molecular formula is C28H35N3O2. The van der Waals surface area contributed by atoms with Crippen LogP contribution in [0.5, 0.6) is 0 Å². The summed E-state index contributed by atoms with van der Waals surface area (Å²) in [4.78, 5) is 31.3. The number of hydrogen-bond acceptors (Lipinski definition) is 4. The summed E-state index contributed by atoms with van der Waals surface area (Å²) in [7, 11) is 4.01. The highest BCUT2D eigenvalue weighted by Gasteiger charge is 2.43. The van der Waals surface area contributed by atoms with Crippen molar-refractivity contribution >= 4 is 28.8 Å². The lowest BCUT2D eigenvalue weighted by molar-refractivity contribution is -0.120. The van der Waals surface area contributed by atoms with Crippen molar-refractivity contribution in [2.75, 3.05) is 29.2 Å². The predicted octanol–water partition coefficient (Wildman–Crippen LogP) is 5.94. The molecule has 4 rings (SSSR count). The van der Waals surface area contributed by atoms with Gasteiger partial charge in [0.1, 0.15) is 0 Å². The van der Waals surface area contributed by atoms with E-state index in [1.807, 2.05) is 48.2 Å². The fourth-order valence-corrected chi connectivity index (χ4v) is 4.98. The number of Topliss-reactive ketones (excluding diaryl/α,β-unsaturated/α-hetero) is 1. The number of fused-ring (bicyclic) bond motifs is 1. The van der Waals surface area contributed by atoms with Gasteiger partial charge in [0.15, 0.2) is 5.78 Å². The summed E-state index contributed by atoms with van der Waals surface area (Å²) >= 11 is 0. The number of ketones is 1. The number of amides is 1. The SMILES string of the molecule is CC(C)CC(=O)N1c2ccccc2NC2=C(C(=O)CC(C)(C)C2)C1c1ccc(N(C)C)cc1. The van der Waals surface area contributed by atoms with Crippen LogP contribution in [0, 0.1) is 11.3 Å². The second-order valence-corrected chi connectivity index (χ2v) is 10.7. The minimum atomic E-state index is -0.456. The molecule has 0 aromatic heterocycles. The summed E-state index contributed by atoms with van der Waals surface area (Å²) < 4.78 is 0. The molecule has 0 saturated heterocycles. The van der Waals surface area contributed by atoms with Crippen LogP contribution in [-0.2, 0) is 9.59 Å². The van der Waals surface area contributed by atoms with Crippen molar-refractivity contribution in [2.24, 2.45) is 11.3 Å². The Morgan fingerprint density at radius 2 is 1.76 bits per heavy atom. The molecule has 5 nitrogen and oxygen atoms in total. The Morgan fingerprint density at radius 1 is 1.09 bits per heavy atom. The van der Waals surface area contributed by atoms with Gasteiger partial charge in [0.2, 0.25) is 5.91 Å². The minimum absolute atomic E-state index is 0.0346.